The normalized spacial score (nSPS) is 15.1. The van der Waals surface area contributed by atoms with E-state index in [1.807, 2.05) is 0 Å². The first-order valence-corrected chi connectivity index (χ1v) is 10.6. The van der Waals surface area contributed by atoms with Gasteiger partial charge in [-0.15, -0.1) is 0 Å². The highest BCUT2D eigenvalue weighted by Crippen LogP contribution is 2.22. The van der Waals surface area contributed by atoms with Gasteiger partial charge < -0.3 is 14.2 Å². The van der Waals surface area contributed by atoms with Crippen molar-refractivity contribution in [2.24, 2.45) is 0 Å². The van der Waals surface area contributed by atoms with Crippen LogP contribution in [0.2, 0.25) is 0 Å². The van der Waals surface area contributed by atoms with E-state index >= 15 is 0 Å². The van der Waals surface area contributed by atoms with Crippen LogP contribution >= 0.6 is 0 Å². The van der Waals surface area contributed by atoms with Crippen LogP contribution in [-0.2, 0) is 19.5 Å². The minimum Gasteiger partial charge on any atom is -0.490 e. The molecule has 1 heterocycles. The Morgan fingerprint density at radius 1 is 1.10 bits per heavy atom. The molecule has 1 saturated heterocycles. The van der Waals surface area contributed by atoms with Gasteiger partial charge in [-0.2, -0.15) is 4.31 Å². The SMILES string of the molecule is Cc1ccc(C(=O)OCCOc2ccc(F)cc2)cc1S(=O)(=O)N1CCOCC1. The summed E-state index contributed by atoms with van der Waals surface area (Å²) in [7, 11) is -3.72. The minimum absolute atomic E-state index is 0.0321. The second kappa shape index (κ2) is 9.34. The van der Waals surface area contributed by atoms with Crippen LogP contribution < -0.4 is 4.74 Å². The van der Waals surface area contributed by atoms with Crippen LogP contribution in [0.4, 0.5) is 4.39 Å². The van der Waals surface area contributed by atoms with Gasteiger partial charge in [0, 0.05) is 13.1 Å². The lowest BCUT2D eigenvalue weighted by molar-refractivity contribution is 0.0450. The van der Waals surface area contributed by atoms with Gasteiger partial charge in [0.1, 0.15) is 24.8 Å². The summed E-state index contributed by atoms with van der Waals surface area (Å²) in [5, 5.41) is 0. The third-order valence-corrected chi connectivity index (χ3v) is 6.45. The van der Waals surface area contributed by atoms with Crippen molar-refractivity contribution < 1.29 is 31.8 Å². The molecule has 0 radical (unpaired) electrons. The van der Waals surface area contributed by atoms with E-state index in [2.05, 4.69) is 0 Å². The van der Waals surface area contributed by atoms with E-state index in [1.54, 1.807) is 13.0 Å². The second-order valence-corrected chi connectivity index (χ2v) is 8.34. The molecule has 0 atom stereocenters. The van der Waals surface area contributed by atoms with Gasteiger partial charge in [-0.05, 0) is 48.9 Å². The van der Waals surface area contributed by atoms with Crippen LogP contribution in [0.1, 0.15) is 15.9 Å². The first-order valence-electron chi connectivity index (χ1n) is 9.12. The molecule has 0 bridgehead atoms. The maximum absolute atomic E-state index is 12.9. The summed E-state index contributed by atoms with van der Waals surface area (Å²) in [4.78, 5) is 12.4. The zero-order chi connectivity index (χ0) is 20.9. The number of aryl methyl sites for hydroxylation is 1. The summed E-state index contributed by atoms with van der Waals surface area (Å²) in [6.07, 6.45) is 0. The summed E-state index contributed by atoms with van der Waals surface area (Å²) in [6, 6.07) is 9.92. The molecular formula is C20H22FNO6S. The van der Waals surface area contributed by atoms with Crippen molar-refractivity contribution in [1.82, 2.24) is 4.31 Å². The Kier molecular flexibility index (Phi) is 6.83. The fourth-order valence-electron chi connectivity index (χ4n) is 2.84. The fourth-order valence-corrected chi connectivity index (χ4v) is 4.50. The van der Waals surface area contributed by atoms with Gasteiger partial charge in [-0.25, -0.2) is 17.6 Å². The number of hydrogen-bond donors (Lipinski definition) is 0. The van der Waals surface area contributed by atoms with Gasteiger partial charge in [-0.1, -0.05) is 6.07 Å². The molecule has 29 heavy (non-hydrogen) atoms. The van der Waals surface area contributed by atoms with Crippen molar-refractivity contribution in [3.8, 4) is 5.75 Å². The zero-order valence-corrected chi connectivity index (χ0v) is 16.8. The van der Waals surface area contributed by atoms with Crippen molar-refractivity contribution in [1.29, 1.82) is 0 Å². The summed E-state index contributed by atoms with van der Waals surface area (Å²) in [5.41, 5.74) is 0.692. The highest BCUT2D eigenvalue weighted by molar-refractivity contribution is 7.89. The predicted molar refractivity (Wildman–Crippen MR) is 103 cm³/mol. The number of rotatable bonds is 7. The summed E-state index contributed by atoms with van der Waals surface area (Å²) in [6.45, 7) is 2.97. The van der Waals surface area contributed by atoms with Crippen LogP contribution in [-0.4, -0.2) is 58.2 Å². The lowest BCUT2D eigenvalue weighted by atomic mass is 10.1. The molecule has 156 valence electrons. The molecule has 7 nitrogen and oxygen atoms in total. The number of halogens is 1. The van der Waals surface area contributed by atoms with Gasteiger partial charge in [0.05, 0.1) is 23.7 Å². The smallest absolute Gasteiger partial charge is 0.338 e. The molecule has 0 unspecified atom stereocenters. The lowest BCUT2D eigenvalue weighted by Gasteiger charge is -2.26. The molecule has 0 aliphatic carbocycles. The van der Waals surface area contributed by atoms with Gasteiger partial charge in [0.15, 0.2) is 0 Å². The van der Waals surface area contributed by atoms with Crippen molar-refractivity contribution in [2.75, 3.05) is 39.5 Å². The van der Waals surface area contributed by atoms with E-state index < -0.39 is 16.0 Å². The third kappa shape index (κ3) is 5.31. The van der Waals surface area contributed by atoms with Crippen molar-refractivity contribution in [3.63, 3.8) is 0 Å². The molecule has 3 rings (SSSR count). The van der Waals surface area contributed by atoms with Gasteiger partial charge in [-0.3, -0.25) is 0 Å². The second-order valence-electron chi connectivity index (χ2n) is 6.44. The van der Waals surface area contributed by atoms with Crippen LogP contribution in [0.3, 0.4) is 0 Å². The molecule has 0 aromatic heterocycles. The molecule has 0 spiro atoms. The summed E-state index contributed by atoms with van der Waals surface area (Å²) < 4.78 is 55.7. The van der Waals surface area contributed by atoms with Crippen LogP contribution in [0.15, 0.2) is 47.4 Å². The highest BCUT2D eigenvalue weighted by Gasteiger charge is 2.28. The van der Waals surface area contributed by atoms with Crippen molar-refractivity contribution in [3.05, 3.63) is 59.4 Å². The molecule has 0 N–H and O–H groups in total. The molecular weight excluding hydrogens is 401 g/mol. The average Bonchev–Trinajstić information content (AvgIpc) is 2.73. The Balaban J connectivity index is 1.62. The van der Waals surface area contributed by atoms with E-state index in [-0.39, 0.29) is 42.6 Å². The third-order valence-electron chi connectivity index (χ3n) is 4.41. The summed E-state index contributed by atoms with van der Waals surface area (Å²) in [5.74, 6) is -0.561. The van der Waals surface area contributed by atoms with Gasteiger partial charge >= 0.3 is 5.97 Å². The molecule has 9 heteroatoms. The maximum Gasteiger partial charge on any atom is 0.338 e. The molecule has 1 fully saturated rings. The van der Waals surface area contributed by atoms with E-state index in [1.165, 1.54) is 40.7 Å². The van der Waals surface area contributed by atoms with Gasteiger partial charge in [0.25, 0.3) is 0 Å². The fraction of sp³-hybridized carbons (Fsp3) is 0.350. The molecule has 1 aliphatic heterocycles. The predicted octanol–water partition coefficient (Wildman–Crippen LogP) is 2.39. The number of ether oxygens (including phenoxy) is 3. The molecule has 0 amide bonds. The Morgan fingerprint density at radius 2 is 1.79 bits per heavy atom. The number of carbonyl (C=O) groups excluding carboxylic acids is 1. The number of sulfonamides is 1. The Hall–Kier alpha value is -2.49. The lowest BCUT2D eigenvalue weighted by Crippen LogP contribution is -2.40. The first kappa shape index (κ1) is 21.2. The Labute approximate surface area is 169 Å². The molecule has 0 saturated carbocycles. The number of hydrogen-bond acceptors (Lipinski definition) is 6. The van der Waals surface area contributed by atoms with E-state index in [9.17, 15) is 17.6 Å². The maximum atomic E-state index is 12.9. The highest BCUT2D eigenvalue weighted by atomic mass is 32.2. The van der Waals surface area contributed by atoms with E-state index in [4.69, 9.17) is 14.2 Å². The van der Waals surface area contributed by atoms with Crippen molar-refractivity contribution >= 4 is 16.0 Å². The Bertz CT molecular complexity index is 955. The molecule has 2 aromatic carbocycles. The number of morpholine rings is 1. The first-order chi connectivity index (χ1) is 13.9. The largest absolute Gasteiger partial charge is 0.490 e. The number of benzene rings is 2. The number of esters is 1. The van der Waals surface area contributed by atoms with E-state index in [0.29, 0.717) is 24.5 Å². The van der Waals surface area contributed by atoms with Crippen LogP contribution in [0.5, 0.6) is 5.75 Å². The molecule has 2 aromatic rings. The van der Waals surface area contributed by atoms with Crippen LogP contribution in [0, 0.1) is 12.7 Å². The van der Waals surface area contributed by atoms with Crippen LogP contribution in [0.25, 0.3) is 0 Å². The number of carbonyl (C=O) groups is 1. The summed E-state index contributed by atoms with van der Waals surface area (Å²) >= 11 is 0. The van der Waals surface area contributed by atoms with Gasteiger partial charge in [0.2, 0.25) is 10.0 Å². The van der Waals surface area contributed by atoms with Crippen molar-refractivity contribution in [2.45, 2.75) is 11.8 Å². The zero-order valence-electron chi connectivity index (χ0n) is 16.0. The minimum atomic E-state index is -3.72. The topological polar surface area (TPSA) is 82.1 Å². The Morgan fingerprint density at radius 3 is 2.48 bits per heavy atom. The average molecular weight is 423 g/mol. The number of nitrogens with zero attached hydrogens (tertiary/aromatic N) is 1. The molecule has 1 aliphatic rings. The monoisotopic (exact) mass is 423 g/mol. The van der Waals surface area contributed by atoms with E-state index in [0.717, 1.165) is 0 Å². The standard InChI is InChI=1S/C20H22FNO6S/c1-15-2-3-16(14-19(15)29(24,25)22-8-10-26-11-9-22)20(23)28-13-12-27-18-6-4-17(21)5-7-18/h2-7,14H,8-13H2,1H3. The quantitative estimate of drug-likeness (QED) is 0.502.